The molecule has 0 aliphatic carbocycles. The quantitative estimate of drug-likeness (QED) is 0.352. The van der Waals surface area contributed by atoms with Gasteiger partial charge in [0.15, 0.2) is 5.58 Å². The fraction of sp³-hybridized carbons (Fsp3) is 0.276. The minimum absolute atomic E-state index is 0.0184. The van der Waals surface area contributed by atoms with Gasteiger partial charge in [-0.25, -0.2) is 0 Å². The van der Waals surface area contributed by atoms with E-state index in [1.165, 1.54) is 0 Å². The van der Waals surface area contributed by atoms with Crippen molar-refractivity contribution >= 4 is 17.0 Å². The molecule has 182 valence electrons. The highest BCUT2D eigenvalue weighted by Gasteiger charge is 2.19. The Balaban J connectivity index is 1.45. The lowest BCUT2D eigenvalue weighted by molar-refractivity contribution is 0.0254. The van der Waals surface area contributed by atoms with Gasteiger partial charge in [-0.05, 0) is 42.8 Å². The molecule has 1 aliphatic heterocycles. The van der Waals surface area contributed by atoms with Crippen molar-refractivity contribution in [3.05, 3.63) is 71.9 Å². The number of nitriles is 1. The molecule has 0 radical (unpaired) electrons. The normalized spacial score (nSPS) is 13.9. The van der Waals surface area contributed by atoms with Crippen molar-refractivity contribution in [1.29, 1.82) is 5.26 Å². The number of amides is 1. The van der Waals surface area contributed by atoms with Gasteiger partial charge in [-0.3, -0.25) is 9.78 Å². The molecule has 0 bridgehead atoms. The van der Waals surface area contributed by atoms with Crippen molar-refractivity contribution in [2.45, 2.75) is 25.9 Å². The molecule has 0 spiro atoms. The first-order chi connectivity index (χ1) is 17.6. The summed E-state index contributed by atoms with van der Waals surface area (Å²) in [5.41, 5.74) is 5.01. The smallest absolute Gasteiger partial charge is 0.253 e. The summed E-state index contributed by atoms with van der Waals surface area (Å²) in [5, 5.41) is 9.78. The molecule has 36 heavy (non-hydrogen) atoms. The molecule has 2 aromatic heterocycles. The van der Waals surface area contributed by atoms with Gasteiger partial charge in [0, 0.05) is 55.4 Å². The zero-order valence-corrected chi connectivity index (χ0v) is 20.4. The number of rotatable bonds is 6. The van der Waals surface area contributed by atoms with Crippen LogP contribution in [0.1, 0.15) is 35.7 Å². The second kappa shape index (κ2) is 10.2. The lowest BCUT2D eigenvalue weighted by Crippen LogP contribution is -2.26. The molecule has 5 rings (SSSR count). The molecule has 0 N–H and O–H groups in total. The van der Waals surface area contributed by atoms with E-state index < -0.39 is 0 Å². The van der Waals surface area contributed by atoms with Crippen molar-refractivity contribution < 1.29 is 18.7 Å². The number of fused-ring (bicyclic) bond motifs is 1. The van der Waals surface area contributed by atoms with Crippen LogP contribution in [0.2, 0.25) is 0 Å². The van der Waals surface area contributed by atoms with Crippen LogP contribution < -0.4 is 4.74 Å². The highest BCUT2D eigenvalue weighted by molar-refractivity contribution is 5.95. The summed E-state index contributed by atoms with van der Waals surface area (Å²) in [5.74, 6) is 1.23. The van der Waals surface area contributed by atoms with E-state index in [1.54, 1.807) is 18.1 Å². The Morgan fingerprint density at radius 2 is 1.86 bits per heavy atom. The molecule has 2 aromatic carbocycles. The van der Waals surface area contributed by atoms with Gasteiger partial charge in [0.2, 0.25) is 0 Å². The van der Waals surface area contributed by atoms with Gasteiger partial charge in [-0.1, -0.05) is 18.2 Å². The van der Waals surface area contributed by atoms with Gasteiger partial charge >= 0.3 is 0 Å². The number of carbonyl (C=O) groups is 1. The summed E-state index contributed by atoms with van der Waals surface area (Å²) in [6.07, 6.45) is 3.42. The van der Waals surface area contributed by atoms with E-state index in [4.69, 9.17) is 13.9 Å². The van der Waals surface area contributed by atoms with Gasteiger partial charge in [0.1, 0.15) is 29.2 Å². The van der Waals surface area contributed by atoms with Crippen LogP contribution in [0.4, 0.5) is 0 Å². The Kier molecular flexibility index (Phi) is 6.70. The zero-order chi connectivity index (χ0) is 25.1. The van der Waals surface area contributed by atoms with E-state index in [0.717, 1.165) is 35.0 Å². The van der Waals surface area contributed by atoms with Crippen molar-refractivity contribution in [2.24, 2.45) is 0 Å². The molecule has 4 aromatic rings. The van der Waals surface area contributed by atoms with E-state index in [1.807, 2.05) is 61.5 Å². The second-order valence-corrected chi connectivity index (χ2v) is 8.83. The van der Waals surface area contributed by atoms with Crippen molar-refractivity contribution in [2.75, 3.05) is 26.8 Å². The van der Waals surface area contributed by atoms with Gasteiger partial charge in [0.05, 0.1) is 18.8 Å². The van der Waals surface area contributed by atoms with Crippen LogP contribution in [0.3, 0.4) is 0 Å². The first-order valence-electron chi connectivity index (χ1n) is 12.1. The summed E-state index contributed by atoms with van der Waals surface area (Å²) in [4.78, 5) is 18.6. The molecule has 3 heterocycles. The molecule has 0 saturated carbocycles. The zero-order valence-electron chi connectivity index (χ0n) is 20.4. The maximum atomic E-state index is 12.4. The predicted octanol–water partition coefficient (Wildman–Crippen LogP) is 5.68. The van der Waals surface area contributed by atoms with Crippen LogP contribution in [0.5, 0.6) is 5.75 Å². The van der Waals surface area contributed by atoms with Crippen LogP contribution in [0, 0.1) is 11.3 Å². The Morgan fingerprint density at radius 3 is 2.58 bits per heavy atom. The third-order valence-electron chi connectivity index (χ3n) is 6.52. The van der Waals surface area contributed by atoms with Crippen molar-refractivity contribution in [1.82, 2.24) is 9.88 Å². The minimum Gasteiger partial charge on any atom is -0.489 e. The number of hydrogen-bond donors (Lipinski definition) is 0. The topological polar surface area (TPSA) is 88.6 Å². The second-order valence-electron chi connectivity index (χ2n) is 8.83. The van der Waals surface area contributed by atoms with E-state index in [2.05, 4.69) is 11.1 Å². The molecule has 1 aliphatic rings. The van der Waals surface area contributed by atoms with Crippen LogP contribution in [-0.4, -0.2) is 48.7 Å². The predicted molar refractivity (Wildman–Crippen MR) is 137 cm³/mol. The lowest BCUT2D eigenvalue weighted by atomic mass is 10.0. The SMILES string of the molecule is CCN(C)C(=O)c1ccc(-c2cc3nccc(-c4ccc(OC5CCOCC5)c(C#N)c4)c3o2)cc1. The van der Waals surface area contributed by atoms with E-state index in [9.17, 15) is 10.1 Å². The summed E-state index contributed by atoms with van der Waals surface area (Å²) in [6.45, 7) is 3.94. The van der Waals surface area contributed by atoms with Crippen LogP contribution in [0.25, 0.3) is 33.6 Å². The fourth-order valence-corrected chi connectivity index (χ4v) is 4.31. The van der Waals surface area contributed by atoms with E-state index in [-0.39, 0.29) is 12.0 Å². The molecule has 0 atom stereocenters. The largest absolute Gasteiger partial charge is 0.489 e. The number of furan rings is 1. The molecule has 1 fully saturated rings. The average molecular weight is 482 g/mol. The molecule has 7 nitrogen and oxygen atoms in total. The van der Waals surface area contributed by atoms with Gasteiger partial charge in [-0.2, -0.15) is 5.26 Å². The summed E-state index contributed by atoms with van der Waals surface area (Å²) >= 11 is 0. The Labute approximate surface area is 209 Å². The standard InChI is InChI=1S/C29H27N3O4/c1-3-32(2)29(33)20-6-4-19(5-7-20)27-17-25-28(36-27)24(10-13-31-25)21-8-9-26(22(16-21)18-30)35-23-11-14-34-15-12-23/h4-10,13,16-17,23H,3,11-12,14-15H2,1-2H3. The highest BCUT2D eigenvalue weighted by atomic mass is 16.5. The van der Waals surface area contributed by atoms with Crippen molar-refractivity contribution in [3.63, 3.8) is 0 Å². The number of aromatic nitrogens is 1. The van der Waals surface area contributed by atoms with Gasteiger partial charge in [-0.15, -0.1) is 0 Å². The molecule has 1 amide bonds. The molecular formula is C29H27N3O4. The first kappa shape index (κ1) is 23.6. The average Bonchev–Trinajstić information content (AvgIpc) is 3.38. The Morgan fingerprint density at radius 1 is 1.11 bits per heavy atom. The summed E-state index contributed by atoms with van der Waals surface area (Å²) in [6, 6.07) is 19.0. The number of pyridine rings is 1. The Bertz CT molecular complexity index is 1430. The number of carbonyl (C=O) groups excluding carboxylic acids is 1. The number of benzene rings is 2. The van der Waals surface area contributed by atoms with E-state index >= 15 is 0 Å². The maximum Gasteiger partial charge on any atom is 0.253 e. The minimum atomic E-state index is -0.0184. The highest BCUT2D eigenvalue weighted by Crippen LogP contribution is 2.35. The van der Waals surface area contributed by atoms with Crippen LogP contribution in [0.15, 0.2) is 65.2 Å². The molecule has 0 unspecified atom stereocenters. The van der Waals surface area contributed by atoms with Crippen LogP contribution >= 0.6 is 0 Å². The Hall–Kier alpha value is -4.15. The summed E-state index contributed by atoms with van der Waals surface area (Å²) < 4.78 is 17.7. The third-order valence-corrected chi connectivity index (χ3v) is 6.52. The third kappa shape index (κ3) is 4.68. The maximum absolute atomic E-state index is 12.4. The van der Waals surface area contributed by atoms with Gasteiger partial charge in [0.25, 0.3) is 5.91 Å². The number of nitrogens with zero attached hydrogens (tertiary/aromatic N) is 3. The van der Waals surface area contributed by atoms with Crippen LogP contribution in [-0.2, 0) is 4.74 Å². The summed E-state index contributed by atoms with van der Waals surface area (Å²) in [7, 11) is 1.78. The monoisotopic (exact) mass is 481 g/mol. The number of hydrogen-bond acceptors (Lipinski definition) is 6. The van der Waals surface area contributed by atoms with Crippen molar-refractivity contribution in [3.8, 4) is 34.3 Å². The van der Waals surface area contributed by atoms with Gasteiger partial charge < -0.3 is 18.8 Å². The fourth-order valence-electron chi connectivity index (χ4n) is 4.31. The van der Waals surface area contributed by atoms with E-state index in [0.29, 0.717) is 48.0 Å². The molecular weight excluding hydrogens is 454 g/mol. The lowest BCUT2D eigenvalue weighted by Gasteiger charge is -2.23. The molecule has 1 saturated heterocycles. The first-order valence-corrected chi connectivity index (χ1v) is 12.1. The molecule has 7 heteroatoms. The number of ether oxygens (including phenoxy) is 2.